The molecule has 0 saturated heterocycles. The van der Waals surface area contributed by atoms with Gasteiger partial charge in [0.2, 0.25) is 5.91 Å². The molecule has 4 rings (SSSR count). The molecule has 1 aromatic heterocycles. The monoisotopic (exact) mass is 486 g/mol. The van der Waals surface area contributed by atoms with Crippen molar-refractivity contribution in [2.75, 3.05) is 17.7 Å². The highest BCUT2D eigenvalue weighted by molar-refractivity contribution is 7.99. The first kappa shape index (κ1) is 24.5. The van der Waals surface area contributed by atoms with E-state index in [1.807, 2.05) is 67.8 Å². The van der Waals surface area contributed by atoms with Gasteiger partial charge in [0.05, 0.1) is 12.4 Å². The summed E-state index contributed by atoms with van der Waals surface area (Å²) in [6, 6.07) is 22.2. The van der Waals surface area contributed by atoms with E-state index in [9.17, 15) is 4.79 Å². The molecule has 0 unspecified atom stereocenters. The van der Waals surface area contributed by atoms with Crippen LogP contribution >= 0.6 is 11.8 Å². The minimum atomic E-state index is -0.0732. The van der Waals surface area contributed by atoms with E-state index < -0.39 is 0 Å². The molecule has 0 aliphatic rings. The molecule has 4 aromatic rings. The number of aromatic nitrogens is 3. The van der Waals surface area contributed by atoms with Gasteiger partial charge in [-0.3, -0.25) is 9.36 Å². The number of hydrogen-bond donors (Lipinski definition) is 1. The Morgan fingerprint density at radius 2 is 1.66 bits per heavy atom. The van der Waals surface area contributed by atoms with Gasteiger partial charge in [0.1, 0.15) is 11.6 Å². The maximum atomic E-state index is 12.8. The quantitative estimate of drug-likeness (QED) is 0.298. The van der Waals surface area contributed by atoms with Crippen molar-refractivity contribution in [2.24, 2.45) is 0 Å². The molecule has 0 radical (unpaired) electrons. The maximum Gasteiger partial charge on any atom is 0.234 e. The Bertz CT molecular complexity index is 1280. The summed E-state index contributed by atoms with van der Waals surface area (Å²) in [6.45, 7) is 8.66. The van der Waals surface area contributed by atoms with E-state index in [0.29, 0.717) is 18.2 Å². The lowest BCUT2D eigenvalue weighted by molar-refractivity contribution is -0.113. The summed E-state index contributed by atoms with van der Waals surface area (Å²) in [5, 5.41) is 12.7. The Balaban J connectivity index is 1.56. The fourth-order valence-electron chi connectivity index (χ4n) is 4.09. The van der Waals surface area contributed by atoms with Gasteiger partial charge in [-0.25, -0.2) is 0 Å². The van der Waals surface area contributed by atoms with Crippen LogP contribution in [0.4, 0.5) is 5.69 Å². The number of nitrogens with zero attached hydrogens (tertiary/aromatic N) is 3. The molecule has 0 aliphatic carbocycles. The second kappa shape index (κ2) is 11.2. The first-order valence-corrected chi connectivity index (χ1v) is 12.6. The SMILES string of the molecule is CCOc1ccc(-n2c(Cc3ccccc3)nnc2SCC(=O)Nc2c(C)cc(C)cc2C)cc1. The lowest BCUT2D eigenvalue weighted by Gasteiger charge is -2.13. The van der Waals surface area contributed by atoms with Gasteiger partial charge in [0, 0.05) is 17.8 Å². The summed E-state index contributed by atoms with van der Waals surface area (Å²) in [5.74, 6) is 1.78. The smallest absolute Gasteiger partial charge is 0.234 e. The Kier molecular flexibility index (Phi) is 7.87. The topological polar surface area (TPSA) is 69.0 Å². The zero-order valence-electron chi connectivity index (χ0n) is 20.5. The second-order valence-electron chi connectivity index (χ2n) is 8.43. The van der Waals surface area contributed by atoms with Crippen LogP contribution < -0.4 is 10.1 Å². The highest BCUT2D eigenvalue weighted by Crippen LogP contribution is 2.26. The zero-order valence-corrected chi connectivity index (χ0v) is 21.4. The Hall–Kier alpha value is -3.58. The molecule has 7 heteroatoms. The molecular formula is C28H30N4O2S. The predicted octanol–water partition coefficient (Wildman–Crippen LogP) is 5.91. The van der Waals surface area contributed by atoms with Gasteiger partial charge >= 0.3 is 0 Å². The van der Waals surface area contributed by atoms with Crippen LogP contribution in [0.15, 0.2) is 71.9 Å². The van der Waals surface area contributed by atoms with Crippen LogP contribution in [0.5, 0.6) is 5.75 Å². The zero-order chi connectivity index (χ0) is 24.8. The summed E-state index contributed by atoms with van der Waals surface area (Å²) in [5.41, 5.74) is 6.25. The van der Waals surface area contributed by atoms with E-state index in [0.717, 1.165) is 39.6 Å². The number of anilines is 1. The van der Waals surface area contributed by atoms with Gasteiger partial charge in [-0.2, -0.15) is 0 Å². The van der Waals surface area contributed by atoms with Crippen LogP contribution in [0.25, 0.3) is 5.69 Å². The standard InChI is InChI=1S/C28H30N4O2S/c1-5-34-24-13-11-23(12-14-24)32-25(17-22-9-7-6-8-10-22)30-31-28(32)35-18-26(33)29-27-20(3)15-19(2)16-21(27)4/h6-16H,5,17-18H2,1-4H3,(H,29,33). The van der Waals surface area contributed by atoms with E-state index in [-0.39, 0.29) is 11.7 Å². The summed E-state index contributed by atoms with van der Waals surface area (Å²) in [4.78, 5) is 12.8. The molecule has 1 heterocycles. The Morgan fingerprint density at radius 1 is 0.971 bits per heavy atom. The fraction of sp³-hybridized carbons (Fsp3) is 0.250. The second-order valence-corrected chi connectivity index (χ2v) is 9.38. The van der Waals surface area contributed by atoms with E-state index in [1.54, 1.807) is 0 Å². The third-order valence-corrected chi connectivity index (χ3v) is 6.51. The normalized spacial score (nSPS) is 10.9. The number of carbonyl (C=O) groups excluding carboxylic acids is 1. The van der Waals surface area contributed by atoms with Crippen LogP contribution in [0, 0.1) is 20.8 Å². The highest BCUT2D eigenvalue weighted by atomic mass is 32.2. The van der Waals surface area contributed by atoms with Crippen molar-refractivity contribution in [3.05, 3.63) is 94.8 Å². The first-order valence-electron chi connectivity index (χ1n) is 11.7. The van der Waals surface area contributed by atoms with Crippen molar-refractivity contribution in [3.8, 4) is 11.4 Å². The molecule has 1 N–H and O–H groups in total. The number of ether oxygens (including phenoxy) is 1. The van der Waals surface area contributed by atoms with E-state index in [1.165, 1.54) is 17.3 Å². The molecule has 3 aromatic carbocycles. The minimum absolute atomic E-state index is 0.0732. The molecule has 0 spiro atoms. The van der Waals surface area contributed by atoms with Gasteiger partial charge in [-0.1, -0.05) is 59.8 Å². The molecule has 6 nitrogen and oxygen atoms in total. The molecular weight excluding hydrogens is 456 g/mol. The van der Waals surface area contributed by atoms with E-state index in [4.69, 9.17) is 4.74 Å². The van der Waals surface area contributed by atoms with Gasteiger partial charge in [0.15, 0.2) is 5.16 Å². The van der Waals surface area contributed by atoms with Crippen molar-refractivity contribution >= 4 is 23.4 Å². The van der Waals surface area contributed by atoms with Crippen LogP contribution in [0.1, 0.15) is 35.0 Å². The number of aryl methyl sites for hydroxylation is 3. The third-order valence-electron chi connectivity index (χ3n) is 5.59. The van der Waals surface area contributed by atoms with Gasteiger partial charge in [-0.15, -0.1) is 10.2 Å². The van der Waals surface area contributed by atoms with Crippen LogP contribution in [0.3, 0.4) is 0 Å². The van der Waals surface area contributed by atoms with Crippen LogP contribution in [-0.4, -0.2) is 33.0 Å². The molecule has 1 amide bonds. The minimum Gasteiger partial charge on any atom is -0.494 e. The molecule has 35 heavy (non-hydrogen) atoms. The summed E-state index contributed by atoms with van der Waals surface area (Å²) in [7, 11) is 0. The lowest BCUT2D eigenvalue weighted by atomic mass is 10.1. The molecule has 0 bridgehead atoms. The lowest BCUT2D eigenvalue weighted by Crippen LogP contribution is -2.16. The fourth-order valence-corrected chi connectivity index (χ4v) is 4.86. The predicted molar refractivity (Wildman–Crippen MR) is 142 cm³/mol. The number of carbonyl (C=O) groups is 1. The van der Waals surface area contributed by atoms with Gasteiger partial charge in [-0.05, 0) is 68.7 Å². The molecule has 180 valence electrons. The average molecular weight is 487 g/mol. The molecule has 0 saturated carbocycles. The van der Waals surface area contributed by atoms with Crippen molar-refractivity contribution in [1.82, 2.24) is 14.8 Å². The van der Waals surface area contributed by atoms with Crippen molar-refractivity contribution in [2.45, 2.75) is 39.3 Å². The van der Waals surface area contributed by atoms with Crippen LogP contribution in [-0.2, 0) is 11.2 Å². The molecule has 0 atom stereocenters. The highest BCUT2D eigenvalue weighted by Gasteiger charge is 2.17. The van der Waals surface area contributed by atoms with E-state index >= 15 is 0 Å². The van der Waals surface area contributed by atoms with Crippen molar-refractivity contribution in [1.29, 1.82) is 0 Å². The maximum absolute atomic E-state index is 12.8. The van der Waals surface area contributed by atoms with Gasteiger partial charge < -0.3 is 10.1 Å². The number of thioether (sulfide) groups is 1. The van der Waals surface area contributed by atoms with Crippen LogP contribution in [0.2, 0.25) is 0 Å². The average Bonchev–Trinajstić information content (AvgIpc) is 3.23. The van der Waals surface area contributed by atoms with E-state index in [2.05, 4.69) is 46.7 Å². The number of benzene rings is 3. The number of hydrogen-bond acceptors (Lipinski definition) is 5. The number of nitrogens with one attached hydrogen (secondary N) is 1. The summed E-state index contributed by atoms with van der Waals surface area (Å²) >= 11 is 1.38. The Labute approximate surface area is 210 Å². The largest absolute Gasteiger partial charge is 0.494 e. The Morgan fingerprint density at radius 3 is 2.31 bits per heavy atom. The van der Waals surface area contributed by atoms with Gasteiger partial charge in [0.25, 0.3) is 0 Å². The van der Waals surface area contributed by atoms with Crippen molar-refractivity contribution < 1.29 is 9.53 Å². The molecule has 0 fully saturated rings. The first-order chi connectivity index (χ1) is 16.9. The number of rotatable bonds is 9. The third kappa shape index (κ3) is 6.11. The van der Waals surface area contributed by atoms with Crippen molar-refractivity contribution in [3.63, 3.8) is 0 Å². The molecule has 0 aliphatic heterocycles. The summed E-state index contributed by atoms with van der Waals surface area (Å²) in [6.07, 6.45) is 0.634. The number of amides is 1. The summed E-state index contributed by atoms with van der Waals surface area (Å²) < 4.78 is 7.61.